The fourth-order valence-corrected chi connectivity index (χ4v) is 7.20. The van der Waals surface area contributed by atoms with E-state index in [1.54, 1.807) is 50.4 Å². The highest BCUT2D eigenvalue weighted by Gasteiger charge is 2.39. The number of amides is 1. The van der Waals surface area contributed by atoms with Crippen molar-refractivity contribution >= 4 is 36.9 Å². The third-order valence-corrected chi connectivity index (χ3v) is 10.1. The lowest BCUT2D eigenvalue weighted by Gasteiger charge is -2.35. The van der Waals surface area contributed by atoms with Crippen LogP contribution in [0.2, 0.25) is 0 Å². The van der Waals surface area contributed by atoms with Crippen molar-refractivity contribution in [2.24, 2.45) is 4.99 Å². The van der Waals surface area contributed by atoms with E-state index in [2.05, 4.69) is 11.4 Å². The molecule has 37 heavy (non-hydrogen) atoms. The topological polar surface area (TPSA) is 118 Å². The number of methoxy groups -OCH3 is 1. The summed E-state index contributed by atoms with van der Waals surface area (Å²) >= 11 is 0. The molecule has 0 radical (unpaired) electrons. The van der Waals surface area contributed by atoms with Crippen LogP contribution >= 0.6 is 10.3 Å². The van der Waals surface area contributed by atoms with Crippen molar-refractivity contribution in [3.63, 3.8) is 0 Å². The highest BCUT2D eigenvalue weighted by Crippen LogP contribution is 2.63. The molecule has 1 heterocycles. The van der Waals surface area contributed by atoms with Crippen LogP contribution < -0.4 is 14.2 Å². The first kappa shape index (κ1) is 26.0. The molecule has 4 rings (SSSR count). The number of hydrogen-bond donors (Lipinski definition) is 1. The standard InChI is InChI=1S/C27H25N3O5S2/c1-4-37(32,33)25-14-12-24(13-15-25)36(35-22-10-8-20(17-28)9-11-22)18-26(30-27(36)29-19(2)31)21-6-5-7-23(16-21)34-3/h5-16,18H,4H2,1-3H3,(H,29,30,31). The molecule has 0 aromatic heterocycles. The van der Waals surface area contributed by atoms with Gasteiger partial charge in [0.25, 0.3) is 0 Å². The molecular weight excluding hydrogens is 510 g/mol. The second-order valence-corrected chi connectivity index (χ2v) is 12.8. The lowest BCUT2D eigenvalue weighted by Crippen LogP contribution is -2.32. The fraction of sp³-hybridized carbons (Fsp3) is 0.148. The third kappa shape index (κ3) is 5.38. The van der Waals surface area contributed by atoms with Gasteiger partial charge >= 0.3 is 0 Å². The normalized spacial score (nSPS) is 18.5. The van der Waals surface area contributed by atoms with Gasteiger partial charge in [0.15, 0.2) is 15.0 Å². The Morgan fingerprint density at radius 1 is 1.05 bits per heavy atom. The van der Waals surface area contributed by atoms with E-state index in [1.165, 1.54) is 19.1 Å². The fourth-order valence-electron chi connectivity index (χ4n) is 3.63. The Bertz CT molecular complexity index is 1540. The number of carbonyl (C=O) groups is 1. The Labute approximate surface area is 217 Å². The quantitative estimate of drug-likeness (QED) is 0.454. The number of nitrogens with zero attached hydrogens (tertiary/aromatic N) is 2. The summed E-state index contributed by atoms with van der Waals surface area (Å²) in [5.41, 5.74) is 1.79. The SMILES string of the molecule is CCS(=O)(=O)c1ccc(S2(Oc3ccc(C#N)cc3)C=C(c3cccc(OC)c3)N=C2NC(C)=O)cc1. The average molecular weight is 536 g/mol. The van der Waals surface area contributed by atoms with Gasteiger partial charge in [-0.05, 0) is 60.7 Å². The van der Waals surface area contributed by atoms with E-state index in [0.29, 0.717) is 32.8 Å². The molecule has 0 bridgehead atoms. The molecule has 10 heteroatoms. The molecule has 190 valence electrons. The molecule has 0 spiro atoms. The van der Waals surface area contributed by atoms with Gasteiger partial charge in [-0.3, -0.25) is 4.79 Å². The van der Waals surface area contributed by atoms with Crippen molar-refractivity contribution in [2.75, 3.05) is 12.9 Å². The number of amidine groups is 1. The molecule has 8 nitrogen and oxygen atoms in total. The molecular formula is C27H25N3O5S2. The van der Waals surface area contributed by atoms with E-state index in [-0.39, 0.29) is 16.6 Å². The Morgan fingerprint density at radius 2 is 1.76 bits per heavy atom. The van der Waals surface area contributed by atoms with Crippen LogP contribution in [-0.2, 0) is 14.6 Å². The van der Waals surface area contributed by atoms with Crippen molar-refractivity contribution < 1.29 is 22.1 Å². The van der Waals surface area contributed by atoms with Crippen LogP contribution in [-0.4, -0.2) is 32.4 Å². The van der Waals surface area contributed by atoms with E-state index in [9.17, 15) is 18.5 Å². The minimum atomic E-state index is -3.41. The van der Waals surface area contributed by atoms with Crippen molar-refractivity contribution in [1.82, 2.24) is 5.32 Å². The number of ether oxygens (including phenoxy) is 1. The monoisotopic (exact) mass is 535 g/mol. The number of rotatable bonds is 7. The zero-order chi connectivity index (χ0) is 26.6. The third-order valence-electron chi connectivity index (χ3n) is 5.56. The van der Waals surface area contributed by atoms with Crippen LogP contribution in [0.5, 0.6) is 11.5 Å². The zero-order valence-electron chi connectivity index (χ0n) is 20.5. The number of carbonyl (C=O) groups excluding carboxylic acids is 1. The Kier molecular flexibility index (Phi) is 7.38. The lowest BCUT2D eigenvalue weighted by molar-refractivity contribution is -0.117. The first-order chi connectivity index (χ1) is 17.7. The molecule has 1 N–H and O–H groups in total. The Morgan fingerprint density at radius 3 is 2.35 bits per heavy atom. The Hall–Kier alpha value is -4.07. The minimum absolute atomic E-state index is 0.0232. The molecule has 0 saturated carbocycles. The highest BCUT2D eigenvalue weighted by atomic mass is 32.3. The van der Waals surface area contributed by atoms with Crippen LogP contribution in [0.15, 0.2) is 93.0 Å². The molecule has 1 aliphatic heterocycles. The zero-order valence-corrected chi connectivity index (χ0v) is 22.1. The number of nitrogens with one attached hydrogen (secondary N) is 1. The summed E-state index contributed by atoms with van der Waals surface area (Å²) in [6.07, 6.45) is 0. The van der Waals surface area contributed by atoms with Crippen LogP contribution in [0.3, 0.4) is 0 Å². The van der Waals surface area contributed by atoms with Crippen LogP contribution in [0, 0.1) is 11.3 Å². The van der Waals surface area contributed by atoms with Gasteiger partial charge in [-0.15, -0.1) is 0 Å². The summed E-state index contributed by atoms with van der Waals surface area (Å²) in [6.45, 7) is 2.97. The van der Waals surface area contributed by atoms with Gasteiger partial charge in [0.05, 0.1) is 35.1 Å². The minimum Gasteiger partial charge on any atom is -0.497 e. The number of aliphatic imine (C=N–C) groups is 1. The summed E-state index contributed by atoms with van der Waals surface area (Å²) in [5.74, 6) is 0.749. The summed E-state index contributed by atoms with van der Waals surface area (Å²) in [6, 6.07) is 22.5. The van der Waals surface area contributed by atoms with Crippen LogP contribution in [0.4, 0.5) is 0 Å². The van der Waals surface area contributed by atoms with Crippen molar-refractivity contribution in [2.45, 2.75) is 23.6 Å². The van der Waals surface area contributed by atoms with E-state index >= 15 is 0 Å². The predicted octanol–water partition coefficient (Wildman–Crippen LogP) is 5.02. The maximum absolute atomic E-state index is 12.4. The van der Waals surface area contributed by atoms with Crippen LogP contribution in [0.25, 0.3) is 5.70 Å². The van der Waals surface area contributed by atoms with Gasteiger partial charge in [0.1, 0.15) is 11.5 Å². The van der Waals surface area contributed by atoms with E-state index in [4.69, 9.17) is 13.9 Å². The molecule has 1 aliphatic rings. The van der Waals surface area contributed by atoms with Gasteiger partial charge in [0.2, 0.25) is 5.91 Å². The number of benzene rings is 3. The van der Waals surface area contributed by atoms with E-state index in [0.717, 1.165) is 5.56 Å². The maximum Gasteiger partial charge on any atom is 0.222 e. The Balaban J connectivity index is 1.91. The first-order valence-electron chi connectivity index (χ1n) is 11.3. The molecule has 3 aromatic carbocycles. The van der Waals surface area contributed by atoms with Gasteiger partial charge in [-0.1, -0.05) is 19.1 Å². The van der Waals surface area contributed by atoms with Gasteiger partial charge in [0, 0.05) is 33.1 Å². The summed E-state index contributed by atoms with van der Waals surface area (Å²) in [5, 5.41) is 14.2. The number of nitriles is 1. The molecule has 1 unspecified atom stereocenters. The highest BCUT2D eigenvalue weighted by molar-refractivity contribution is 8.44. The molecule has 1 amide bonds. The maximum atomic E-state index is 12.4. The number of sulfone groups is 1. The predicted molar refractivity (Wildman–Crippen MR) is 144 cm³/mol. The van der Waals surface area contributed by atoms with E-state index in [1.807, 2.05) is 29.7 Å². The second kappa shape index (κ2) is 10.5. The summed E-state index contributed by atoms with van der Waals surface area (Å²) < 4.78 is 36.8. The smallest absolute Gasteiger partial charge is 0.222 e. The molecule has 1 atom stereocenters. The molecule has 0 aliphatic carbocycles. The first-order valence-corrected chi connectivity index (χ1v) is 14.6. The summed E-state index contributed by atoms with van der Waals surface area (Å²) in [4.78, 5) is 17.8. The average Bonchev–Trinajstić information content (AvgIpc) is 3.27. The van der Waals surface area contributed by atoms with Crippen molar-refractivity contribution in [3.05, 3.63) is 89.3 Å². The number of hydrogen-bond acceptors (Lipinski definition) is 7. The lowest BCUT2D eigenvalue weighted by atomic mass is 10.2. The van der Waals surface area contributed by atoms with Gasteiger partial charge < -0.3 is 14.2 Å². The molecule has 0 saturated heterocycles. The van der Waals surface area contributed by atoms with Gasteiger partial charge in [-0.25, -0.2) is 13.4 Å². The van der Waals surface area contributed by atoms with Gasteiger partial charge in [-0.2, -0.15) is 5.26 Å². The van der Waals surface area contributed by atoms with Crippen molar-refractivity contribution in [1.29, 1.82) is 5.26 Å². The van der Waals surface area contributed by atoms with E-state index < -0.39 is 20.1 Å². The van der Waals surface area contributed by atoms with Crippen molar-refractivity contribution in [3.8, 4) is 17.6 Å². The molecule has 0 fully saturated rings. The largest absolute Gasteiger partial charge is 0.497 e. The van der Waals surface area contributed by atoms with Crippen LogP contribution in [0.1, 0.15) is 25.0 Å². The molecule has 3 aromatic rings. The second-order valence-electron chi connectivity index (χ2n) is 8.03. The summed E-state index contributed by atoms with van der Waals surface area (Å²) in [7, 11) is -4.43.